The number of benzene rings is 3. The van der Waals surface area contributed by atoms with Gasteiger partial charge in [0.05, 0.1) is 12.6 Å². The number of carbonyl (C=O) groups excluding carboxylic acids is 1. The Balaban J connectivity index is 1.61. The molecule has 0 saturated heterocycles. The van der Waals surface area contributed by atoms with Crippen LogP contribution >= 0.6 is 0 Å². The maximum absolute atomic E-state index is 13.9. The first kappa shape index (κ1) is 24.7. The molecule has 1 aliphatic rings. The predicted molar refractivity (Wildman–Crippen MR) is 139 cm³/mol. The predicted octanol–water partition coefficient (Wildman–Crippen LogP) is 5.68. The van der Waals surface area contributed by atoms with E-state index in [1.165, 1.54) is 18.2 Å². The van der Waals surface area contributed by atoms with Gasteiger partial charge in [-0.15, -0.1) is 0 Å². The molecule has 1 atom stereocenters. The van der Waals surface area contributed by atoms with Gasteiger partial charge in [0.25, 0.3) is 5.91 Å². The smallest absolute Gasteiger partial charge is 0.254 e. The van der Waals surface area contributed by atoms with Crippen LogP contribution in [0.3, 0.4) is 0 Å². The maximum Gasteiger partial charge on any atom is 0.254 e. The van der Waals surface area contributed by atoms with Gasteiger partial charge in [-0.1, -0.05) is 18.2 Å². The van der Waals surface area contributed by atoms with Gasteiger partial charge in [0.15, 0.2) is 0 Å². The van der Waals surface area contributed by atoms with Gasteiger partial charge in [-0.3, -0.25) is 10.2 Å². The van der Waals surface area contributed by atoms with Crippen LogP contribution in [0.25, 0.3) is 11.1 Å². The molecule has 0 aliphatic carbocycles. The molecular formula is C30H30F2N4O. The van der Waals surface area contributed by atoms with Crippen LogP contribution in [0, 0.1) is 30.9 Å². The molecule has 2 heterocycles. The largest absolute Gasteiger partial charge is 0.332 e. The molecule has 0 spiro atoms. The normalized spacial score (nSPS) is 14.1. The van der Waals surface area contributed by atoms with Crippen LogP contribution in [-0.2, 0) is 20.0 Å². The lowest BCUT2D eigenvalue weighted by Gasteiger charge is -2.35. The molecule has 3 aromatic carbocycles. The Morgan fingerprint density at radius 2 is 1.70 bits per heavy atom. The number of aryl methyl sites for hydroxylation is 3. The van der Waals surface area contributed by atoms with Crippen molar-refractivity contribution >= 4 is 5.91 Å². The first-order valence-corrected chi connectivity index (χ1v) is 12.4. The van der Waals surface area contributed by atoms with E-state index < -0.39 is 0 Å². The third-order valence-corrected chi connectivity index (χ3v) is 7.44. The molecular weight excluding hydrogens is 470 g/mol. The van der Waals surface area contributed by atoms with Crippen LogP contribution in [0.15, 0.2) is 60.9 Å². The molecule has 1 aliphatic heterocycles. The van der Waals surface area contributed by atoms with Crippen LogP contribution < -0.4 is 5.62 Å². The van der Waals surface area contributed by atoms with Gasteiger partial charge in [-0.25, -0.2) is 8.78 Å². The highest BCUT2D eigenvalue weighted by molar-refractivity contribution is 5.99. The molecule has 5 nitrogen and oxygen atoms in total. The monoisotopic (exact) mass is 500 g/mol. The Morgan fingerprint density at radius 1 is 0.946 bits per heavy atom. The van der Waals surface area contributed by atoms with Crippen molar-refractivity contribution in [3.63, 3.8) is 0 Å². The third-order valence-electron chi connectivity index (χ3n) is 7.44. The van der Waals surface area contributed by atoms with Crippen molar-refractivity contribution in [1.82, 2.24) is 14.0 Å². The topological polar surface area (TPSA) is 54.0 Å². The van der Waals surface area contributed by atoms with Gasteiger partial charge in [0.1, 0.15) is 11.6 Å². The SMILES string of the molecule is Cc1cc([C@H](C)N2CCc3c(cc(Cn4ccn(C)c4=N)cc3-c3ccc(F)cc3C)C2=O)ccc1F. The Hall–Kier alpha value is -4.00. The second-order valence-corrected chi connectivity index (χ2v) is 9.92. The third kappa shape index (κ3) is 4.50. The summed E-state index contributed by atoms with van der Waals surface area (Å²) in [6, 6.07) is 13.5. The molecule has 7 heteroatoms. The number of hydrogen-bond donors (Lipinski definition) is 1. The van der Waals surface area contributed by atoms with Gasteiger partial charge in [-0.05, 0) is 96.5 Å². The van der Waals surface area contributed by atoms with E-state index in [2.05, 4.69) is 6.07 Å². The van der Waals surface area contributed by atoms with Gasteiger partial charge < -0.3 is 14.0 Å². The Kier molecular flexibility index (Phi) is 6.31. The second kappa shape index (κ2) is 9.47. The Bertz CT molecular complexity index is 1580. The molecule has 1 N–H and O–H groups in total. The highest BCUT2D eigenvalue weighted by atomic mass is 19.1. The second-order valence-electron chi connectivity index (χ2n) is 9.92. The molecule has 0 radical (unpaired) electrons. The molecule has 0 unspecified atom stereocenters. The summed E-state index contributed by atoms with van der Waals surface area (Å²) >= 11 is 0. The van der Waals surface area contributed by atoms with Crippen molar-refractivity contribution < 1.29 is 13.6 Å². The number of halogens is 2. The Morgan fingerprint density at radius 3 is 2.38 bits per heavy atom. The van der Waals surface area contributed by atoms with E-state index in [1.807, 2.05) is 48.8 Å². The Labute approximate surface area is 215 Å². The minimum absolute atomic E-state index is 0.0808. The number of aromatic nitrogens is 2. The highest BCUT2D eigenvalue weighted by Crippen LogP contribution is 2.36. The fourth-order valence-electron chi connectivity index (χ4n) is 5.27. The summed E-state index contributed by atoms with van der Waals surface area (Å²) in [6.45, 7) is 6.53. The number of rotatable bonds is 5. The number of nitrogens with one attached hydrogen (secondary N) is 1. The van der Waals surface area contributed by atoms with Crippen molar-refractivity contribution in [3.05, 3.63) is 112 Å². The number of hydrogen-bond acceptors (Lipinski definition) is 2. The zero-order valence-corrected chi connectivity index (χ0v) is 21.5. The average molecular weight is 501 g/mol. The molecule has 0 fully saturated rings. The van der Waals surface area contributed by atoms with E-state index in [0.717, 1.165) is 33.4 Å². The number of carbonyl (C=O) groups is 1. The standard InChI is InChI=1S/C30H30F2N4O/c1-18-14-23(31)6-7-24(18)26-15-21(17-35-12-11-34(4)30(35)33)16-27-25(26)9-10-36(29(27)37)20(3)22-5-8-28(32)19(2)13-22/h5-8,11-16,20,33H,9-10,17H2,1-4H3/t20-/m0/s1. The van der Waals surface area contributed by atoms with Crippen LogP contribution in [0.2, 0.25) is 0 Å². The molecule has 1 aromatic heterocycles. The number of fused-ring (bicyclic) bond motifs is 1. The van der Waals surface area contributed by atoms with Gasteiger partial charge in [0, 0.05) is 31.5 Å². The molecule has 190 valence electrons. The average Bonchev–Trinajstić information content (AvgIpc) is 3.18. The molecule has 5 rings (SSSR count). The summed E-state index contributed by atoms with van der Waals surface area (Å²) < 4.78 is 31.3. The minimum Gasteiger partial charge on any atom is -0.332 e. The van der Waals surface area contributed by atoms with Crippen LogP contribution in [-0.4, -0.2) is 26.5 Å². The van der Waals surface area contributed by atoms with E-state index in [0.29, 0.717) is 36.3 Å². The minimum atomic E-state index is -0.296. The van der Waals surface area contributed by atoms with Crippen LogP contribution in [0.1, 0.15) is 51.1 Å². The summed E-state index contributed by atoms with van der Waals surface area (Å²) in [5, 5.41) is 8.33. The lowest BCUT2D eigenvalue weighted by Crippen LogP contribution is -2.39. The fourth-order valence-corrected chi connectivity index (χ4v) is 5.27. The van der Waals surface area contributed by atoms with Crippen molar-refractivity contribution in [2.75, 3.05) is 6.54 Å². The van der Waals surface area contributed by atoms with E-state index in [-0.39, 0.29) is 23.6 Å². The molecule has 1 amide bonds. The van der Waals surface area contributed by atoms with Crippen molar-refractivity contribution in [1.29, 1.82) is 5.41 Å². The van der Waals surface area contributed by atoms with Crippen molar-refractivity contribution in [3.8, 4) is 11.1 Å². The summed E-state index contributed by atoms with van der Waals surface area (Å²) in [5.41, 5.74) is 6.88. The van der Waals surface area contributed by atoms with Crippen LogP contribution in [0.4, 0.5) is 8.78 Å². The summed E-state index contributed by atoms with van der Waals surface area (Å²) in [7, 11) is 1.82. The highest BCUT2D eigenvalue weighted by Gasteiger charge is 2.31. The number of imidazole rings is 1. The molecule has 4 aromatic rings. The van der Waals surface area contributed by atoms with E-state index in [9.17, 15) is 13.6 Å². The van der Waals surface area contributed by atoms with Gasteiger partial charge in [-0.2, -0.15) is 0 Å². The fraction of sp³-hybridized carbons (Fsp3) is 0.267. The molecule has 0 bridgehead atoms. The first-order valence-electron chi connectivity index (χ1n) is 12.4. The lowest BCUT2D eigenvalue weighted by atomic mass is 9.86. The molecule has 37 heavy (non-hydrogen) atoms. The number of amides is 1. The van der Waals surface area contributed by atoms with E-state index in [1.54, 1.807) is 29.7 Å². The summed E-state index contributed by atoms with van der Waals surface area (Å²) in [6.07, 6.45) is 4.32. The lowest BCUT2D eigenvalue weighted by molar-refractivity contribution is 0.0672. The van der Waals surface area contributed by atoms with E-state index in [4.69, 9.17) is 5.41 Å². The summed E-state index contributed by atoms with van der Waals surface area (Å²) in [4.78, 5) is 15.8. The van der Waals surface area contributed by atoms with Crippen LogP contribution in [0.5, 0.6) is 0 Å². The van der Waals surface area contributed by atoms with Gasteiger partial charge >= 0.3 is 0 Å². The van der Waals surface area contributed by atoms with Crippen molar-refractivity contribution in [2.45, 2.75) is 39.8 Å². The first-order chi connectivity index (χ1) is 17.6. The van der Waals surface area contributed by atoms with E-state index >= 15 is 0 Å². The number of nitrogens with zero attached hydrogens (tertiary/aromatic N) is 3. The quantitative estimate of drug-likeness (QED) is 0.377. The van der Waals surface area contributed by atoms with Crippen molar-refractivity contribution in [2.24, 2.45) is 7.05 Å². The van der Waals surface area contributed by atoms with Gasteiger partial charge in [0.2, 0.25) is 5.62 Å². The zero-order chi connectivity index (χ0) is 26.4. The zero-order valence-electron chi connectivity index (χ0n) is 21.5. The summed E-state index contributed by atoms with van der Waals surface area (Å²) in [5.74, 6) is -0.638. The molecule has 0 saturated carbocycles. The maximum atomic E-state index is 13.9.